The maximum atomic E-state index is 13.2. The second kappa shape index (κ2) is 25.1. The topological polar surface area (TPSA) is 87.5 Å². The van der Waals surface area contributed by atoms with Gasteiger partial charge in [0.05, 0.1) is 6.04 Å². The number of carbonyl (C=O) groups excluding carboxylic acids is 2. The van der Waals surface area contributed by atoms with Crippen molar-refractivity contribution in [2.45, 2.75) is 137 Å². The highest BCUT2D eigenvalue weighted by Crippen LogP contribution is 2.40. The normalized spacial score (nSPS) is 21.5. The first-order valence-electron chi connectivity index (χ1n) is 15.5. The SMILES string of the molecule is C=C/C=C/CCCCC/C=C/C.CC.CN.CN[C@@H](C)C(=O)NC(C(=O)N1C(C)CC2CCCCC21)C(C)C. The number of nitrogens with two attached hydrogens (primary N) is 1. The van der Waals surface area contributed by atoms with Gasteiger partial charge in [-0.15, -0.1) is 0 Å². The summed E-state index contributed by atoms with van der Waals surface area (Å²) in [5.74, 6) is 0.748. The van der Waals surface area contributed by atoms with Gasteiger partial charge in [-0.05, 0) is 91.6 Å². The molecule has 0 aromatic rings. The highest BCUT2D eigenvalue weighted by atomic mass is 16.2. The summed E-state index contributed by atoms with van der Waals surface area (Å²) in [5, 5.41) is 5.90. The Bertz CT molecular complexity index is 689. The molecule has 0 aromatic heterocycles. The van der Waals surface area contributed by atoms with Crippen molar-refractivity contribution in [2.24, 2.45) is 17.6 Å². The van der Waals surface area contributed by atoms with Crippen LogP contribution < -0.4 is 16.4 Å². The molecule has 2 fully saturated rings. The van der Waals surface area contributed by atoms with Crippen LogP contribution in [0.25, 0.3) is 0 Å². The first kappa shape index (κ1) is 39.2. The van der Waals surface area contributed by atoms with E-state index in [1.54, 1.807) is 7.05 Å². The van der Waals surface area contributed by atoms with Crippen molar-refractivity contribution in [1.29, 1.82) is 0 Å². The molecule has 2 amide bonds. The quantitative estimate of drug-likeness (QED) is 0.143. The average Bonchev–Trinajstić information content (AvgIpc) is 3.30. The second-order valence-corrected chi connectivity index (χ2v) is 10.6. The minimum absolute atomic E-state index is 0.0883. The molecule has 1 heterocycles. The van der Waals surface area contributed by atoms with Crippen molar-refractivity contribution in [1.82, 2.24) is 15.5 Å². The Morgan fingerprint density at radius 1 is 1.03 bits per heavy atom. The number of carbonyl (C=O) groups is 2. The number of rotatable bonds is 12. The van der Waals surface area contributed by atoms with E-state index in [1.807, 2.05) is 46.8 Å². The highest BCUT2D eigenvalue weighted by Gasteiger charge is 2.45. The van der Waals surface area contributed by atoms with E-state index in [2.05, 4.69) is 59.9 Å². The number of hydrogen-bond acceptors (Lipinski definition) is 4. The molecule has 1 aliphatic heterocycles. The number of nitrogens with zero attached hydrogens (tertiary/aromatic N) is 1. The zero-order valence-corrected chi connectivity index (χ0v) is 27.0. The Hall–Kier alpha value is -1.92. The minimum atomic E-state index is -0.429. The molecule has 0 bridgehead atoms. The molecule has 1 saturated carbocycles. The Morgan fingerprint density at radius 2 is 1.62 bits per heavy atom. The van der Waals surface area contributed by atoms with Crippen LogP contribution in [0.15, 0.2) is 37.0 Å². The fraction of sp³-hybridized carbons (Fsp3) is 0.758. The van der Waals surface area contributed by atoms with E-state index in [-0.39, 0.29) is 29.8 Å². The summed E-state index contributed by atoms with van der Waals surface area (Å²) in [5.41, 5.74) is 4.50. The van der Waals surface area contributed by atoms with Gasteiger partial charge in [-0.3, -0.25) is 9.59 Å². The fourth-order valence-corrected chi connectivity index (χ4v) is 5.23. The van der Waals surface area contributed by atoms with Crippen LogP contribution in [-0.4, -0.2) is 55.0 Å². The molecule has 5 atom stereocenters. The number of likely N-dealkylation sites (N-methyl/N-ethyl adjacent to an activating group) is 1. The van der Waals surface area contributed by atoms with Gasteiger partial charge in [0.2, 0.25) is 11.8 Å². The van der Waals surface area contributed by atoms with Crippen molar-refractivity contribution in [3.8, 4) is 0 Å². The molecular weight excluding hydrogens is 484 g/mol. The summed E-state index contributed by atoms with van der Waals surface area (Å²) in [7, 11) is 3.26. The third-order valence-corrected chi connectivity index (χ3v) is 7.41. The average molecular weight is 549 g/mol. The van der Waals surface area contributed by atoms with Gasteiger partial charge in [0, 0.05) is 12.1 Å². The largest absolute Gasteiger partial charge is 0.343 e. The van der Waals surface area contributed by atoms with Gasteiger partial charge in [0.1, 0.15) is 6.04 Å². The lowest BCUT2D eigenvalue weighted by Gasteiger charge is -2.37. The zero-order valence-electron chi connectivity index (χ0n) is 27.0. The zero-order chi connectivity index (χ0) is 30.2. The predicted octanol–water partition coefficient (Wildman–Crippen LogP) is 6.77. The van der Waals surface area contributed by atoms with Gasteiger partial charge in [0.25, 0.3) is 0 Å². The molecule has 6 heteroatoms. The second-order valence-electron chi connectivity index (χ2n) is 10.6. The van der Waals surface area contributed by atoms with Gasteiger partial charge < -0.3 is 21.3 Å². The summed E-state index contributed by atoms with van der Waals surface area (Å²) in [6, 6.07) is -0.0505. The van der Waals surface area contributed by atoms with Crippen LogP contribution >= 0.6 is 0 Å². The Kier molecular flexibility index (Phi) is 25.2. The number of hydrogen-bond donors (Lipinski definition) is 3. The van der Waals surface area contributed by atoms with E-state index in [1.165, 1.54) is 58.4 Å². The molecule has 228 valence electrons. The Balaban J connectivity index is 0. The molecule has 1 saturated heterocycles. The number of likely N-dealkylation sites (tertiary alicyclic amines) is 1. The van der Waals surface area contributed by atoms with Gasteiger partial charge in [-0.2, -0.15) is 0 Å². The van der Waals surface area contributed by atoms with E-state index < -0.39 is 6.04 Å². The number of amides is 2. The van der Waals surface area contributed by atoms with Crippen molar-refractivity contribution >= 4 is 11.8 Å². The predicted molar refractivity (Wildman–Crippen MR) is 171 cm³/mol. The van der Waals surface area contributed by atoms with Crippen molar-refractivity contribution < 1.29 is 9.59 Å². The first-order chi connectivity index (χ1) is 18.8. The number of fused-ring (bicyclic) bond motifs is 1. The third-order valence-electron chi connectivity index (χ3n) is 7.41. The summed E-state index contributed by atoms with van der Waals surface area (Å²) in [6.45, 7) is 17.7. The summed E-state index contributed by atoms with van der Waals surface area (Å²) >= 11 is 0. The van der Waals surface area contributed by atoms with Crippen molar-refractivity contribution in [3.05, 3.63) is 37.0 Å². The molecule has 39 heavy (non-hydrogen) atoms. The van der Waals surface area contributed by atoms with Crippen LogP contribution in [0.2, 0.25) is 0 Å². The first-order valence-corrected chi connectivity index (χ1v) is 15.5. The maximum absolute atomic E-state index is 13.2. The van der Waals surface area contributed by atoms with Crippen LogP contribution in [0.1, 0.15) is 113 Å². The van der Waals surface area contributed by atoms with E-state index in [4.69, 9.17) is 0 Å². The Morgan fingerprint density at radius 3 is 2.15 bits per heavy atom. The van der Waals surface area contributed by atoms with E-state index in [9.17, 15) is 9.59 Å². The minimum Gasteiger partial charge on any atom is -0.343 e. The highest BCUT2D eigenvalue weighted by molar-refractivity contribution is 5.90. The molecule has 0 aromatic carbocycles. The van der Waals surface area contributed by atoms with Crippen LogP contribution in [0, 0.1) is 11.8 Å². The van der Waals surface area contributed by atoms with Crippen molar-refractivity contribution in [2.75, 3.05) is 14.1 Å². The molecule has 1 aliphatic carbocycles. The lowest BCUT2D eigenvalue weighted by atomic mass is 9.84. The number of nitrogens with one attached hydrogen (secondary N) is 2. The smallest absolute Gasteiger partial charge is 0.245 e. The lowest BCUT2D eigenvalue weighted by Crippen LogP contribution is -2.57. The van der Waals surface area contributed by atoms with Crippen molar-refractivity contribution in [3.63, 3.8) is 0 Å². The van der Waals surface area contributed by atoms with Crippen LogP contribution in [0.5, 0.6) is 0 Å². The van der Waals surface area contributed by atoms with Gasteiger partial charge in [0.15, 0.2) is 0 Å². The molecule has 2 aliphatic rings. The number of allylic oxidation sites excluding steroid dienone is 5. The van der Waals surface area contributed by atoms with E-state index in [0.29, 0.717) is 12.0 Å². The molecule has 4 unspecified atom stereocenters. The van der Waals surface area contributed by atoms with Crippen LogP contribution in [-0.2, 0) is 9.59 Å². The molecule has 0 radical (unpaired) electrons. The molecule has 0 spiro atoms. The van der Waals surface area contributed by atoms with E-state index >= 15 is 0 Å². The van der Waals surface area contributed by atoms with Gasteiger partial charge in [-0.25, -0.2) is 0 Å². The third kappa shape index (κ3) is 15.4. The van der Waals surface area contributed by atoms with Gasteiger partial charge >= 0.3 is 0 Å². The maximum Gasteiger partial charge on any atom is 0.245 e. The molecule has 4 N–H and O–H groups in total. The monoisotopic (exact) mass is 549 g/mol. The van der Waals surface area contributed by atoms with Crippen LogP contribution in [0.3, 0.4) is 0 Å². The molecule has 6 nitrogen and oxygen atoms in total. The Labute approximate surface area is 242 Å². The lowest BCUT2D eigenvalue weighted by molar-refractivity contribution is -0.141. The summed E-state index contributed by atoms with van der Waals surface area (Å²) in [4.78, 5) is 27.5. The summed E-state index contributed by atoms with van der Waals surface area (Å²) < 4.78 is 0. The molecular formula is C33H64N4O2. The van der Waals surface area contributed by atoms with E-state index in [0.717, 1.165) is 12.8 Å². The van der Waals surface area contributed by atoms with Crippen LogP contribution in [0.4, 0.5) is 0 Å². The number of unbranched alkanes of at least 4 members (excludes halogenated alkanes) is 4. The molecule has 2 rings (SSSR count). The summed E-state index contributed by atoms with van der Waals surface area (Å²) in [6.07, 6.45) is 22.8. The standard InChI is InChI=1S/C18H33N3O2.C12H20.C2H6.CH5N/c1-11(2)16(20-17(22)13(4)19-5)18(23)21-12(3)10-14-8-6-7-9-15(14)21;1-3-5-7-9-11-12-10-8-6-4-2;2*1-2/h11-16,19H,6-10H2,1-5H3,(H,20,22);3-7H,1,8-12H2,2H3;1-2H3;2H2,1H3/b;6-4+,7-5+;;/t12?,13-,14?,15?,16?;;;/m0.../s1. The fourth-order valence-electron chi connectivity index (χ4n) is 5.23. The van der Waals surface area contributed by atoms with Gasteiger partial charge in [-0.1, -0.05) is 83.9 Å².